The maximum absolute atomic E-state index is 6.41. The fraction of sp³-hybridized carbons (Fsp3) is 0.455. The first kappa shape index (κ1) is 28.7. The molecule has 33 heavy (non-hydrogen) atoms. The molecule has 0 saturated carbocycles. The van der Waals surface area contributed by atoms with Crippen LogP contribution in [-0.2, 0) is 17.1 Å². The lowest BCUT2D eigenvalue weighted by atomic mass is 10.3. The van der Waals surface area contributed by atoms with Crippen molar-refractivity contribution in [3.63, 3.8) is 0 Å². The monoisotopic (exact) mass is 636 g/mol. The molecule has 0 aliphatic rings. The third kappa shape index (κ3) is 11.2. The molecule has 6 nitrogen and oxygen atoms in total. The van der Waals surface area contributed by atoms with Crippen LogP contribution in [0.2, 0.25) is 39.3 Å². The zero-order valence-corrected chi connectivity index (χ0v) is 26.3. The smallest absolute Gasteiger partial charge is 0.323 e. The molecule has 11 heteroatoms. The van der Waals surface area contributed by atoms with Gasteiger partial charge in [-0.15, -0.1) is 0 Å². The van der Waals surface area contributed by atoms with Crippen molar-refractivity contribution in [1.29, 1.82) is 0 Å². The predicted octanol–water partition coefficient (Wildman–Crippen LogP) is 6.84. The van der Waals surface area contributed by atoms with E-state index in [1.807, 2.05) is 87.8 Å². The van der Waals surface area contributed by atoms with E-state index >= 15 is 0 Å². The summed E-state index contributed by atoms with van der Waals surface area (Å²) in [4.78, 5) is 0. The van der Waals surface area contributed by atoms with Crippen LogP contribution in [0.5, 0.6) is 11.5 Å². The summed E-state index contributed by atoms with van der Waals surface area (Å²) < 4.78 is 38.4. The highest BCUT2D eigenvalue weighted by Crippen LogP contribution is 2.25. The van der Waals surface area contributed by atoms with Crippen LogP contribution in [0.25, 0.3) is 0 Å². The molecule has 0 spiro atoms. The van der Waals surface area contributed by atoms with E-state index in [4.69, 9.17) is 26.6 Å². The lowest BCUT2D eigenvalue weighted by Gasteiger charge is -2.37. The summed E-state index contributed by atoms with van der Waals surface area (Å²) >= 11 is 6.96. The second-order valence-electron chi connectivity index (χ2n) is 8.66. The van der Waals surface area contributed by atoms with Gasteiger partial charge in [0.25, 0.3) is 0 Å². The Hall–Kier alpha value is -0.509. The van der Waals surface area contributed by atoms with Gasteiger partial charge in [-0.05, 0) is 95.4 Å². The van der Waals surface area contributed by atoms with E-state index in [0.717, 1.165) is 20.4 Å². The van der Waals surface area contributed by atoms with Crippen molar-refractivity contribution in [3.8, 4) is 11.5 Å². The highest BCUT2D eigenvalue weighted by Gasteiger charge is 2.41. The third-order valence-corrected chi connectivity index (χ3v) is 15.2. The van der Waals surface area contributed by atoms with Crippen molar-refractivity contribution in [1.82, 2.24) is 0 Å². The second-order valence-corrected chi connectivity index (χ2v) is 21.0. The SMILES string of the molecule is C[Si](C)(OCCOc1ccccc1Br)O[Si](C)(C)O[Si](C)(C)OCCOc1ccccc1Br. The van der Waals surface area contributed by atoms with E-state index < -0.39 is 25.7 Å². The van der Waals surface area contributed by atoms with Crippen LogP contribution in [0.4, 0.5) is 0 Å². The normalized spacial score (nSPS) is 12.6. The maximum atomic E-state index is 6.41. The Morgan fingerprint density at radius 1 is 0.545 bits per heavy atom. The molecule has 0 amide bonds. The summed E-state index contributed by atoms with van der Waals surface area (Å²) in [6.45, 7) is 14.0. The Labute approximate surface area is 217 Å². The van der Waals surface area contributed by atoms with Crippen molar-refractivity contribution in [2.75, 3.05) is 26.4 Å². The van der Waals surface area contributed by atoms with Gasteiger partial charge in [-0.25, -0.2) is 0 Å². The lowest BCUT2D eigenvalue weighted by molar-refractivity contribution is 0.162. The molecule has 0 bridgehead atoms. The summed E-state index contributed by atoms with van der Waals surface area (Å²) in [6, 6.07) is 15.5. The number of halogens is 2. The van der Waals surface area contributed by atoms with Crippen LogP contribution >= 0.6 is 31.9 Å². The molecule has 2 aromatic rings. The molecule has 0 saturated heterocycles. The summed E-state index contributed by atoms with van der Waals surface area (Å²) in [5.41, 5.74) is 0. The second kappa shape index (κ2) is 13.0. The van der Waals surface area contributed by atoms with Gasteiger partial charge >= 0.3 is 25.7 Å². The van der Waals surface area contributed by atoms with Crippen molar-refractivity contribution >= 4 is 57.5 Å². The van der Waals surface area contributed by atoms with E-state index in [1.54, 1.807) is 0 Å². The molecule has 2 rings (SSSR count). The van der Waals surface area contributed by atoms with Gasteiger partial charge in [0.1, 0.15) is 24.7 Å². The summed E-state index contributed by atoms with van der Waals surface area (Å²) in [5, 5.41) is 0. The molecular formula is C22H34Br2O6Si3. The van der Waals surface area contributed by atoms with E-state index in [2.05, 4.69) is 31.9 Å². The molecule has 0 aromatic heterocycles. The van der Waals surface area contributed by atoms with Crippen molar-refractivity contribution in [2.24, 2.45) is 0 Å². The Balaban J connectivity index is 1.73. The van der Waals surface area contributed by atoms with Crippen molar-refractivity contribution in [3.05, 3.63) is 57.5 Å². The van der Waals surface area contributed by atoms with Crippen molar-refractivity contribution < 1.29 is 26.6 Å². The topological polar surface area (TPSA) is 55.4 Å². The standard InChI is InChI=1S/C22H34Br2O6Si3/c1-31(2,27-17-15-25-21-13-9-7-11-19(21)23)29-33(5,6)30-32(3,4)28-18-16-26-22-14-10-8-12-20(22)24/h7-14H,15-18H2,1-6H3. The molecule has 184 valence electrons. The molecule has 0 aliphatic heterocycles. The van der Waals surface area contributed by atoms with Crippen LogP contribution in [0.3, 0.4) is 0 Å². The Kier molecular flexibility index (Phi) is 11.3. The molecule has 2 aromatic carbocycles. The van der Waals surface area contributed by atoms with Crippen molar-refractivity contribution in [2.45, 2.75) is 39.3 Å². The van der Waals surface area contributed by atoms with Gasteiger partial charge in [-0.2, -0.15) is 0 Å². The van der Waals surface area contributed by atoms with Gasteiger partial charge in [-0.3, -0.25) is 0 Å². The minimum Gasteiger partial charge on any atom is -0.490 e. The van der Waals surface area contributed by atoms with E-state index in [0.29, 0.717) is 26.4 Å². The van der Waals surface area contributed by atoms with E-state index in [9.17, 15) is 0 Å². The number of para-hydroxylation sites is 2. The molecule has 0 radical (unpaired) electrons. The zero-order valence-electron chi connectivity index (χ0n) is 20.2. The Morgan fingerprint density at radius 3 is 1.27 bits per heavy atom. The average Bonchev–Trinajstić information content (AvgIpc) is 2.69. The predicted molar refractivity (Wildman–Crippen MR) is 146 cm³/mol. The van der Waals surface area contributed by atoms with Crippen LogP contribution in [0.1, 0.15) is 0 Å². The van der Waals surface area contributed by atoms with Gasteiger partial charge in [-0.1, -0.05) is 24.3 Å². The zero-order chi connectivity index (χ0) is 24.5. The lowest BCUT2D eigenvalue weighted by Crippen LogP contribution is -2.54. The molecule has 0 aliphatic carbocycles. The largest absolute Gasteiger partial charge is 0.490 e. The van der Waals surface area contributed by atoms with E-state index in [-0.39, 0.29) is 0 Å². The van der Waals surface area contributed by atoms with Crippen LogP contribution < -0.4 is 9.47 Å². The fourth-order valence-electron chi connectivity index (χ4n) is 3.27. The highest BCUT2D eigenvalue weighted by molar-refractivity contribution is 9.10. The average molecular weight is 639 g/mol. The van der Waals surface area contributed by atoms with Gasteiger partial charge in [0.05, 0.1) is 22.2 Å². The third-order valence-electron chi connectivity index (χ3n) is 4.24. The molecule has 0 unspecified atom stereocenters. The molecule has 0 fully saturated rings. The van der Waals surface area contributed by atoms with Crippen LogP contribution in [0.15, 0.2) is 57.5 Å². The molecule has 0 atom stereocenters. The molecule has 0 N–H and O–H groups in total. The van der Waals surface area contributed by atoms with Crippen LogP contribution in [0, 0.1) is 0 Å². The number of rotatable bonds is 14. The Bertz CT molecular complexity index is 813. The molecule has 0 heterocycles. The maximum Gasteiger partial charge on any atom is 0.323 e. The summed E-state index contributed by atoms with van der Waals surface area (Å²) in [7, 11) is -7.26. The number of benzene rings is 2. The first-order valence-corrected chi connectivity index (χ1v) is 20.9. The van der Waals surface area contributed by atoms with Gasteiger partial charge < -0.3 is 26.6 Å². The first-order valence-electron chi connectivity index (χ1n) is 10.8. The number of hydrogen-bond donors (Lipinski definition) is 0. The molecular weight excluding hydrogens is 604 g/mol. The first-order chi connectivity index (χ1) is 15.4. The van der Waals surface area contributed by atoms with Crippen LogP contribution in [-0.4, -0.2) is 52.1 Å². The van der Waals surface area contributed by atoms with E-state index in [1.165, 1.54) is 0 Å². The summed E-state index contributed by atoms with van der Waals surface area (Å²) in [5.74, 6) is 1.60. The Morgan fingerprint density at radius 2 is 0.909 bits per heavy atom. The fourth-order valence-corrected chi connectivity index (χ4v) is 15.7. The minimum absolute atomic E-state index is 0.451. The quantitative estimate of drug-likeness (QED) is 0.167. The van der Waals surface area contributed by atoms with Gasteiger partial charge in [0.2, 0.25) is 0 Å². The highest BCUT2D eigenvalue weighted by atomic mass is 79.9. The minimum atomic E-state index is -2.46. The van der Waals surface area contributed by atoms with Gasteiger partial charge in [0, 0.05) is 0 Å². The number of hydrogen-bond acceptors (Lipinski definition) is 6. The number of ether oxygens (including phenoxy) is 2. The van der Waals surface area contributed by atoms with Gasteiger partial charge in [0.15, 0.2) is 0 Å². The summed E-state index contributed by atoms with van der Waals surface area (Å²) in [6.07, 6.45) is 0.